The summed E-state index contributed by atoms with van der Waals surface area (Å²) in [6.45, 7) is 4.15. The lowest BCUT2D eigenvalue weighted by Crippen LogP contribution is -2.42. The molecule has 2 aromatic rings. The molecule has 0 spiro atoms. The van der Waals surface area contributed by atoms with Crippen LogP contribution in [0.1, 0.15) is 47.9 Å². The normalized spacial score (nSPS) is 19.1. The Kier molecular flexibility index (Phi) is 4.23. The number of fused-ring (bicyclic) bond motifs is 1. The lowest BCUT2D eigenvalue weighted by Gasteiger charge is -2.33. The van der Waals surface area contributed by atoms with Gasteiger partial charge in [-0.25, -0.2) is 4.98 Å². The minimum Gasteiger partial charge on any atom is -0.335 e. The number of nitrogens with zero attached hydrogens (tertiary/aromatic N) is 3. The number of likely N-dealkylation sites (tertiary alicyclic amines) is 1. The highest BCUT2D eigenvalue weighted by Gasteiger charge is 2.34. The number of alkyl halides is 3. The maximum atomic E-state index is 13.1. The second kappa shape index (κ2) is 5.95. The number of hydrogen-bond acceptors (Lipinski definition) is 2. The molecule has 24 heavy (non-hydrogen) atoms. The number of imidazole rings is 1. The fourth-order valence-corrected chi connectivity index (χ4v) is 3.42. The second-order valence-corrected chi connectivity index (χ2v) is 6.56. The smallest absolute Gasteiger partial charge is 0.335 e. The van der Waals surface area contributed by atoms with Crippen LogP contribution in [0.2, 0.25) is 5.02 Å². The Morgan fingerprint density at radius 1 is 1.38 bits per heavy atom. The molecule has 1 amide bonds. The van der Waals surface area contributed by atoms with Crippen LogP contribution in [-0.4, -0.2) is 32.8 Å². The zero-order chi connectivity index (χ0) is 17.6. The van der Waals surface area contributed by atoms with Crippen molar-refractivity contribution < 1.29 is 18.0 Å². The number of amides is 1. The van der Waals surface area contributed by atoms with Gasteiger partial charge in [0.1, 0.15) is 5.69 Å². The Balaban J connectivity index is 2.15. The summed E-state index contributed by atoms with van der Waals surface area (Å²) in [5.41, 5.74) is -0.223. The fourth-order valence-electron chi connectivity index (χ4n) is 3.17. The van der Waals surface area contributed by atoms with E-state index in [9.17, 15) is 18.0 Å². The van der Waals surface area contributed by atoms with Crippen LogP contribution in [0.4, 0.5) is 13.2 Å². The predicted molar refractivity (Wildman–Crippen MR) is 84.3 cm³/mol. The summed E-state index contributed by atoms with van der Waals surface area (Å²) in [5.74, 6) is -0.303. The van der Waals surface area contributed by atoms with Crippen molar-refractivity contribution in [2.45, 2.75) is 45.3 Å². The van der Waals surface area contributed by atoms with Crippen LogP contribution in [0.5, 0.6) is 0 Å². The molecule has 3 heterocycles. The number of hydrogen-bond donors (Lipinski definition) is 0. The van der Waals surface area contributed by atoms with Crippen molar-refractivity contribution in [1.82, 2.24) is 14.3 Å². The minimum atomic E-state index is -4.55. The average Bonchev–Trinajstić information content (AvgIpc) is 2.83. The van der Waals surface area contributed by atoms with Gasteiger partial charge in [-0.15, -0.1) is 0 Å². The zero-order valence-corrected chi connectivity index (χ0v) is 14.1. The third kappa shape index (κ3) is 2.85. The molecule has 1 fully saturated rings. The summed E-state index contributed by atoms with van der Waals surface area (Å²) in [6, 6.07) is 0.888. The van der Waals surface area contributed by atoms with E-state index in [0.29, 0.717) is 12.2 Å². The molecule has 0 aliphatic carbocycles. The van der Waals surface area contributed by atoms with Gasteiger partial charge in [0.25, 0.3) is 5.91 Å². The van der Waals surface area contributed by atoms with E-state index in [1.54, 1.807) is 11.8 Å². The van der Waals surface area contributed by atoms with Gasteiger partial charge < -0.3 is 4.90 Å². The lowest BCUT2D eigenvalue weighted by atomic mass is 10.0. The van der Waals surface area contributed by atoms with Gasteiger partial charge in [-0.1, -0.05) is 11.6 Å². The molecular formula is C16H17ClF3N3O. The van der Waals surface area contributed by atoms with Gasteiger partial charge in [-0.3, -0.25) is 9.20 Å². The first-order valence-electron chi connectivity index (χ1n) is 7.76. The van der Waals surface area contributed by atoms with Gasteiger partial charge in [-0.05, 0) is 39.2 Å². The predicted octanol–water partition coefficient (Wildman–Crippen LogP) is 4.33. The van der Waals surface area contributed by atoms with Crippen molar-refractivity contribution in [3.8, 4) is 0 Å². The summed E-state index contributed by atoms with van der Waals surface area (Å²) >= 11 is 5.96. The van der Waals surface area contributed by atoms with Crippen LogP contribution in [0.15, 0.2) is 12.3 Å². The quantitative estimate of drug-likeness (QED) is 0.760. The Bertz CT molecular complexity index is 800. The second-order valence-electron chi connectivity index (χ2n) is 6.16. The average molecular weight is 360 g/mol. The molecule has 1 atom stereocenters. The molecule has 0 bridgehead atoms. The third-order valence-electron chi connectivity index (χ3n) is 4.44. The molecule has 1 aliphatic heterocycles. The van der Waals surface area contributed by atoms with Crippen molar-refractivity contribution in [2.24, 2.45) is 0 Å². The Labute approximate surface area is 142 Å². The van der Waals surface area contributed by atoms with Crippen molar-refractivity contribution in [1.29, 1.82) is 0 Å². The topological polar surface area (TPSA) is 37.6 Å². The summed E-state index contributed by atoms with van der Waals surface area (Å²) in [7, 11) is 0. The van der Waals surface area contributed by atoms with Gasteiger partial charge in [0.15, 0.2) is 5.65 Å². The molecule has 0 N–H and O–H groups in total. The summed E-state index contributed by atoms with van der Waals surface area (Å²) in [6.07, 6.45) is -0.838. The summed E-state index contributed by atoms with van der Waals surface area (Å²) < 4.78 is 40.4. The van der Waals surface area contributed by atoms with Crippen LogP contribution in [0.3, 0.4) is 0 Å². The van der Waals surface area contributed by atoms with E-state index in [2.05, 4.69) is 4.98 Å². The summed E-state index contributed by atoms with van der Waals surface area (Å²) in [5, 5.41) is -0.126. The zero-order valence-electron chi connectivity index (χ0n) is 13.3. The number of aromatic nitrogens is 2. The highest BCUT2D eigenvalue weighted by Crippen LogP contribution is 2.33. The molecule has 8 heteroatoms. The number of rotatable bonds is 1. The lowest BCUT2D eigenvalue weighted by molar-refractivity contribution is -0.137. The number of carbonyl (C=O) groups excluding carboxylic acids is 1. The van der Waals surface area contributed by atoms with E-state index in [1.807, 2.05) is 6.92 Å². The maximum absolute atomic E-state index is 13.1. The van der Waals surface area contributed by atoms with Gasteiger partial charge >= 0.3 is 6.18 Å². The number of pyridine rings is 1. The summed E-state index contributed by atoms with van der Waals surface area (Å²) in [4.78, 5) is 18.8. The molecule has 1 aliphatic rings. The van der Waals surface area contributed by atoms with E-state index in [4.69, 9.17) is 11.6 Å². The highest BCUT2D eigenvalue weighted by molar-refractivity contribution is 6.33. The molecule has 1 saturated heterocycles. The standard InChI is InChI=1S/C16H17ClF3N3O/c1-9-5-3-4-6-22(9)15(24)13-10(2)21-14-12(17)7-11(8-23(13)14)16(18,19)20/h7-9H,3-6H2,1-2H3. The van der Waals surface area contributed by atoms with Gasteiger partial charge in [-0.2, -0.15) is 13.2 Å². The number of aryl methyl sites for hydroxylation is 1. The largest absolute Gasteiger partial charge is 0.417 e. The van der Waals surface area contributed by atoms with Gasteiger partial charge in [0, 0.05) is 18.8 Å². The van der Waals surface area contributed by atoms with E-state index in [-0.39, 0.29) is 28.3 Å². The molecule has 0 saturated carbocycles. The third-order valence-corrected chi connectivity index (χ3v) is 4.72. The molecular weight excluding hydrogens is 343 g/mol. The van der Waals surface area contributed by atoms with Crippen LogP contribution in [0, 0.1) is 6.92 Å². The van der Waals surface area contributed by atoms with Crippen molar-refractivity contribution in [3.05, 3.63) is 34.2 Å². The first-order valence-corrected chi connectivity index (χ1v) is 8.14. The van der Waals surface area contributed by atoms with E-state index in [0.717, 1.165) is 31.5 Å². The monoisotopic (exact) mass is 359 g/mol. The molecule has 4 nitrogen and oxygen atoms in total. The van der Waals surface area contributed by atoms with E-state index < -0.39 is 11.7 Å². The van der Waals surface area contributed by atoms with Crippen molar-refractivity contribution in [3.63, 3.8) is 0 Å². The van der Waals surface area contributed by atoms with Crippen molar-refractivity contribution >= 4 is 23.2 Å². The van der Waals surface area contributed by atoms with Crippen LogP contribution in [0.25, 0.3) is 5.65 Å². The molecule has 130 valence electrons. The van der Waals surface area contributed by atoms with E-state index >= 15 is 0 Å². The molecule has 3 rings (SSSR count). The van der Waals surface area contributed by atoms with Crippen LogP contribution >= 0.6 is 11.6 Å². The first kappa shape index (κ1) is 17.1. The number of halogens is 4. The van der Waals surface area contributed by atoms with E-state index in [1.165, 1.54) is 4.40 Å². The Morgan fingerprint density at radius 2 is 2.08 bits per heavy atom. The van der Waals surface area contributed by atoms with Gasteiger partial charge in [0.2, 0.25) is 0 Å². The van der Waals surface area contributed by atoms with Crippen LogP contribution < -0.4 is 0 Å². The Morgan fingerprint density at radius 3 is 2.71 bits per heavy atom. The Hall–Kier alpha value is -1.76. The minimum absolute atomic E-state index is 0.0532. The molecule has 2 aromatic heterocycles. The molecule has 1 unspecified atom stereocenters. The van der Waals surface area contributed by atoms with Gasteiger partial charge in [0.05, 0.1) is 16.3 Å². The van der Waals surface area contributed by atoms with Crippen molar-refractivity contribution in [2.75, 3.05) is 6.54 Å². The SMILES string of the molecule is Cc1nc2c(Cl)cc(C(F)(F)F)cn2c1C(=O)N1CCCCC1C. The highest BCUT2D eigenvalue weighted by atomic mass is 35.5. The maximum Gasteiger partial charge on any atom is 0.417 e. The molecule has 0 radical (unpaired) electrons. The number of piperidine rings is 1. The number of carbonyl (C=O) groups is 1. The van der Waals surface area contributed by atoms with Crippen LogP contribution in [-0.2, 0) is 6.18 Å². The first-order chi connectivity index (χ1) is 11.2. The fraction of sp³-hybridized carbons (Fsp3) is 0.500. The molecule has 0 aromatic carbocycles.